The van der Waals surface area contributed by atoms with Gasteiger partial charge in [-0.1, -0.05) is 6.58 Å². The standard InChI is InChI=1S/C12H17NO/c1-9-8-11(10(2)13(3)4)6-7-12(9)14-5/h6-8H,2H2,1,3-5H3. The fourth-order valence-corrected chi connectivity index (χ4v) is 1.32. The van der Waals surface area contributed by atoms with E-state index >= 15 is 0 Å². The van der Waals surface area contributed by atoms with Gasteiger partial charge in [0.15, 0.2) is 0 Å². The van der Waals surface area contributed by atoms with E-state index in [1.807, 2.05) is 38.1 Å². The molecule has 1 aromatic carbocycles. The van der Waals surface area contributed by atoms with Crippen molar-refractivity contribution in [2.75, 3.05) is 21.2 Å². The van der Waals surface area contributed by atoms with Gasteiger partial charge in [0.05, 0.1) is 7.11 Å². The molecule has 0 N–H and O–H groups in total. The van der Waals surface area contributed by atoms with Crippen LogP contribution in [0.4, 0.5) is 0 Å². The molecule has 2 heteroatoms. The van der Waals surface area contributed by atoms with E-state index in [-0.39, 0.29) is 0 Å². The predicted molar refractivity (Wildman–Crippen MR) is 60.5 cm³/mol. The molecule has 0 spiro atoms. The number of ether oxygens (including phenoxy) is 1. The first kappa shape index (κ1) is 10.6. The third kappa shape index (κ3) is 2.08. The summed E-state index contributed by atoms with van der Waals surface area (Å²) in [7, 11) is 5.66. The van der Waals surface area contributed by atoms with Crippen LogP contribution < -0.4 is 4.74 Å². The molecule has 0 amide bonds. The van der Waals surface area contributed by atoms with Gasteiger partial charge in [0.25, 0.3) is 0 Å². The van der Waals surface area contributed by atoms with Gasteiger partial charge in [-0.25, -0.2) is 0 Å². The molecular formula is C12H17NO. The molecule has 0 heterocycles. The minimum Gasteiger partial charge on any atom is -0.496 e. The van der Waals surface area contributed by atoms with Crippen LogP contribution in [0.5, 0.6) is 5.75 Å². The third-order valence-electron chi connectivity index (χ3n) is 2.27. The molecule has 1 aromatic rings. The van der Waals surface area contributed by atoms with Crippen molar-refractivity contribution in [1.82, 2.24) is 4.90 Å². The highest BCUT2D eigenvalue weighted by molar-refractivity contribution is 5.63. The molecule has 0 unspecified atom stereocenters. The normalized spacial score (nSPS) is 9.71. The van der Waals surface area contributed by atoms with Gasteiger partial charge in [-0.05, 0) is 36.2 Å². The maximum absolute atomic E-state index is 5.20. The van der Waals surface area contributed by atoms with Crippen LogP contribution in [0.3, 0.4) is 0 Å². The van der Waals surface area contributed by atoms with Crippen molar-refractivity contribution in [3.63, 3.8) is 0 Å². The van der Waals surface area contributed by atoms with Gasteiger partial charge in [-0.3, -0.25) is 0 Å². The molecule has 14 heavy (non-hydrogen) atoms. The Bertz CT molecular complexity index is 342. The lowest BCUT2D eigenvalue weighted by Gasteiger charge is -2.16. The van der Waals surface area contributed by atoms with E-state index in [9.17, 15) is 0 Å². The lowest BCUT2D eigenvalue weighted by atomic mass is 10.1. The van der Waals surface area contributed by atoms with Gasteiger partial charge in [0.1, 0.15) is 5.75 Å². The monoisotopic (exact) mass is 191 g/mol. The molecule has 0 saturated carbocycles. The zero-order valence-electron chi connectivity index (χ0n) is 9.29. The summed E-state index contributed by atoms with van der Waals surface area (Å²) in [5.41, 5.74) is 3.28. The molecule has 76 valence electrons. The van der Waals surface area contributed by atoms with Gasteiger partial charge in [-0.2, -0.15) is 0 Å². The molecule has 0 aliphatic heterocycles. The minimum atomic E-state index is 0.917. The summed E-state index contributed by atoms with van der Waals surface area (Å²) in [6.45, 7) is 6.04. The number of aryl methyl sites for hydroxylation is 1. The second kappa shape index (κ2) is 4.18. The first-order chi connectivity index (χ1) is 6.56. The van der Waals surface area contributed by atoms with E-state index in [1.165, 1.54) is 0 Å². The zero-order valence-corrected chi connectivity index (χ0v) is 9.29. The van der Waals surface area contributed by atoms with Crippen LogP contribution in [0.2, 0.25) is 0 Å². The van der Waals surface area contributed by atoms with Crippen molar-refractivity contribution in [3.8, 4) is 5.75 Å². The van der Waals surface area contributed by atoms with Crippen molar-refractivity contribution in [2.24, 2.45) is 0 Å². The molecule has 2 nitrogen and oxygen atoms in total. The maximum atomic E-state index is 5.20. The molecule has 0 bridgehead atoms. The molecule has 0 aliphatic carbocycles. The summed E-state index contributed by atoms with van der Waals surface area (Å²) in [5, 5.41) is 0. The van der Waals surface area contributed by atoms with E-state index in [4.69, 9.17) is 4.74 Å². The van der Waals surface area contributed by atoms with Crippen LogP contribution in [0.1, 0.15) is 11.1 Å². The van der Waals surface area contributed by atoms with E-state index in [1.54, 1.807) is 7.11 Å². The summed E-state index contributed by atoms with van der Waals surface area (Å²) in [4.78, 5) is 2.00. The Balaban J connectivity index is 3.03. The Labute approximate surface area is 85.8 Å². The highest BCUT2D eigenvalue weighted by Gasteiger charge is 2.03. The van der Waals surface area contributed by atoms with Crippen molar-refractivity contribution in [2.45, 2.75) is 6.92 Å². The van der Waals surface area contributed by atoms with Gasteiger partial charge in [-0.15, -0.1) is 0 Å². The molecular weight excluding hydrogens is 174 g/mol. The van der Waals surface area contributed by atoms with Crippen LogP contribution in [-0.2, 0) is 0 Å². The van der Waals surface area contributed by atoms with Crippen LogP contribution in [-0.4, -0.2) is 26.1 Å². The number of benzene rings is 1. The first-order valence-corrected chi connectivity index (χ1v) is 4.57. The lowest BCUT2D eigenvalue weighted by Crippen LogP contribution is -2.08. The Morgan fingerprint density at radius 2 is 2.00 bits per heavy atom. The zero-order chi connectivity index (χ0) is 10.7. The molecule has 0 radical (unpaired) electrons. The predicted octanol–water partition coefficient (Wildman–Crippen LogP) is 2.54. The Hall–Kier alpha value is -1.44. The van der Waals surface area contributed by atoms with Gasteiger partial charge >= 0.3 is 0 Å². The molecule has 0 fully saturated rings. The maximum Gasteiger partial charge on any atom is 0.121 e. The summed E-state index contributed by atoms with van der Waals surface area (Å²) >= 11 is 0. The van der Waals surface area contributed by atoms with Crippen LogP contribution >= 0.6 is 0 Å². The molecule has 0 aliphatic rings. The summed E-state index contributed by atoms with van der Waals surface area (Å²) in [5.74, 6) is 0.917. The van der Waals surface area contributed by atoms with Gasteiger partial charge < -0.3 is 9.64 Å². The SMILES string of the molecule is C=C(c1ccc(OC)c(C)c1)N(C)C. The number of hydrogen-bond acceptors (Lipinski definition) is 2. The number of nitrogens with zero attached hydrogens (tertiary/aromatic N) is 1. The van der Waals surface area contributed by atoms with Crippen molar-refractivity contribution in [3.05, 3.63) is 35.9 Å². The Morgan fingerprint density at radius 3 is 2.43 bits per heavy atom. The van der Waals surface area contributed by atoms with E-state index < -0.39 is 0 Å². The highest BCUT2D eigenvalue weighted by Crippen LogP contribution is 2.22. The fourth-order valence-electron chi connectivity index (χ4n) is 1.32. The summed E-state index contributed by atoms with van der Waals surface area (Å²) < 4.78 is 5.20. The van der Waals surface area contributed by atoms with E-state index in [0.717, 1.165) is 22.6 Å². The molecule has 0 saturated heterocycles. The summed E-state index contributed by atoms with van der Waals surface area (Å²) in [6.07, 6.45) is 0. The molecule has 0 aromatic heterocycles. The van der Waals surface area contributed by atoms with Crippen molar-refractivity contribution < 1.29 is 4.74 Å². The first-order valence-electron chi connectivity index (χ1n) is 4.57. The number of rotatable bonds is 3. The minimum absolute atomic E-state index is 0.917. The van der Waals surface area contributed by atoms with Crippen molar-refractivity contribution >= 4 is 5.70 Å². The number of methoxy groups -OCH3 is 1. The fraction of sp³-hybridized carbons (Fsp3) is 0.333. The quantitative estimate of drug-likeness (QED) is 0.728. The van der Waals surface area contributed by atoms with Crippen molar-refractivity contribution in [1.29, 1.82) is 0 Å². The smallest absolute Gasteiger partial charge is 0.121 e. The number of hydrogen-bond donors (Lipinski definition) is 0. The lowest BCUT2D eigenvalue weighted by molar-refractivity contribution is 0.411. The van der Waals surface area contributed by atoms with Crippen LogP contribution in [0.25, 0.3) is 5.70 Å². The van der Waals surface area contributed by atoms with Crippen LogP contribution in [0, 0.1) is 6.92 Å². The average Bonchev–Trinajstić information content (AvgIpc) is 2.16. The second-order valence-electron chi connectivity index (χ2n) is 3.53. The average molecular weight is 191 g/mol. The topological polar surface area (TPSA) is 12.5 Å². The highest BCUT2D eigenvalue weighted by atomic mass is 16.5. The third-order valence-corrected chi connectivity index (χ3v) is 2.27. The van der Waals surface area contributed by atoms with E-state index in [2.05, 4.69) is 12.6 Å². The molecule has 1 rings (SSSR count). The molecule has 0 atom stereocenters. The largest absolute Gasteiger partial charge is 0.496 e. The Kier molecular flexibility index (Phi) is 3.18. The van der Waals surface area contributed by atoms with Crippen LogP contribution in [0.15, 0.2) is 24.8 Å². The van der Waals surface area contributed by atoms with Gasteiger partial charge in [0.2, 0.25) is 0 Å². The van der Waals surface area contributed by atoms with E-state index in [0.29, 0.717) is 0 Å². The second-order valence-corrected chi connectivity index (χ2v) is 3.53. The summed E-state index contributed by atoms with van der Waals surface area (Å²) in [6, 6.07) is 6.08. The Morgan fingerprint density at radius 1 is 1.36 bits per heavy atom. The van der Waals surface area contributed by atoms with Gasteiger partial charge in [0, 0.05) is 19.8 Å².